The van der Waals surface area contributed by atoms with Gasteiger partial charge in [0.25, 0.3) is 0 Å². The molecule has 6 heteroatoms. The van der Waals surface area contributed by atoms with Crippen molar-refractivity contribution in [1.29, 1.82) is 0 Å². The largest absolute Gasteiger partial charge is 0.506 e. The Bertz CT molecular complexity index is 1290. The predicted octanol–water partition coefficient (Wildman–Crippen LogP) is 5.76. The van der Waals surface area contributed by atoms with E-state index in [-0.39, 0.29) is 11.8 Å². The number of aromatic hydroxyl groups is 1. The van der Waals surface area contributed by atoms with Crippen molar-refractivity contribution < 1.29 is 9.84 Å². The zero-order valence-electron chi connectivity index (χ0n) is 18.8. The molecule has 0 radical (unpaired) electrons. The molecule has 0 unspecified atom stereocenters. The molecular weight excluding hydrogens is 424 g/mol. The van der Waals surface area contributed by atoms with Crippen LogP contribution in [0.2, 0.25) is 0 Å². The van der Waals surface area contributed by atoms with Crippen LogP contribution in [0.3, 0.4) is 0 Å². The van der Waals surface area contributed by atoms with E-state index in [0.29, 0.717) is 5.75 Å². The van der Waals surface area contributed by atoms with Crippen molar-refractivity contribution in [3.63, 3.8) is 0 Å². The molecule has 0 spiro atoms. The number of hydrogen-bond donors (Lipinski definition) is 1. The fourth-order valence-electron chi connectivity index (χ4n) is 5.03. The van der Waals surface area contributed by atoms with Crippen molar-refractivity contribution >= 4 is 11.4 Å². The number of hydrogen-bond acceptors (Lipinski definition) is 6. The number of aromatic nitrogens is 2. The van der Waals surface area contributed by atoms with E-state index >= 15 is 0 Å². The summed E-state index contributed by atoms with van der Waals surface area (Å²) < 4.78 is 6.30. The molecule has 2 aliphatic rings. The first kappa shape index (κ1) is 20.7. The molecule has 1 fully saturated rings. The molecule has 2 aliphatic heterocycles. The van der Waals surface area contributed by atoms with Crippen LogP contribution < -0.4 is 9.64 Å². The second-order valence-corrected chi connectivity index (χ2v) is 8.85. The summed E-state index contributed by atoms with van der Waals surface area (Å²) in [5.74, 6) is 1.71. The summed E-state index contributed by atoms with van der Waals surface area (Å²) in [6.07, 6.45) is 7.38. The Labute approximate surface area is 199 Å². The van der Waals surface area contributed by atoms with Crippen molar-refractivity contribution in [1.82, 2.24) is 14.9 Å². The third-order valence-corrected chi connectivity index (χ3v) is 6.67. The first-order chi connectivity index (χ1) is 16.8. The normalized spacial score (nSPS) is 15.9. The van der Waals surface area contributed by atoms with E-state index in [1.54, 1.807) is 12.4 Å². The number of fused-ring (bicyclic) bond motifs is 2. The Morgan fingerprint density at radius 2 is 1.74 bits per heavy atom. The lowest BCUT2D eigenvalue weighted by molar-refractivity contribution is 0.202. The number of para-hydroxylation sites is 2. The summed E-state index contributed by atoms with van der Waals surface area (Å²) in [7, 11) is 0. The maximum Gasteiger partial charge on any atom is 0.155 e. The van der Waals surface area contributed by atoms with Gasteiger partial charge in [-0.3, -0.25) is 14.9 Å². The maximum atomic E-state index is 11.2. The summed E-state index contributed by atoms with van der Waals surface area (Å²) >= 11 is 0. The van der Waals surface area contributed by atoms with Gasteiger partial charge in [-0.05, 0) is 60.9 Å². The molecular formula is C28H26N4O2. The number of phenolic OH excluding ortho intramolecular Hbond substituents is 1. The number of nitrogens with zero attached hydrogens (tertiary/aromatic N) is 4. The van der Waals surface area contributed by atoms with Gasteiger partial charge < -0.3 is 14.7 Å². The first-order valence-corrected chi connectivity index (χ1v) is 11.7. The van der Waals surface area contributed by atoms with Crippen LogP contribution in [0.15, 0.2) is 85.3 Å². The van der Waals surface area contributed by atoms with E-state index in [2.05, 4.69) is 31.9 Å². The van der Waals surface area contributed by atoms with Gasteiger partial charge in [0.2, 0.25) is 0 Å². The van der Waals surface area contributed by atoms with Gasteiger partial charge in [-0.15, -0.1) is 0 Å². The summed E-state index contributed by atoms with van der Waals surface area (Å²) in [6, 6.07) is 22.1. The zero-order chi connectivity index (χ0) is 22.9. The van der Waals surface area contributed by atoms with E-state index in [4.69, 9.17) is 4.74 Å². The second-order valence-electron chi connectivity index (χ2n) is 8.85. The van der Waals surface area contributed by atoms with E-state index in [9.17, 15) is 5.11 Å². The molecule has 1 N–H and O–H groups in total. The molecule has 1 saturated heterocycles. The predicted molar refractivity (Wildman–Crippen MR) is 133 cm³/mol. The smallest absolute Gasteiger partial charge is 0.155 e. The highest BCUT2D eigenvalue weighted by Gasteiger charge is 2.34. The minimum atomic E-state index is 0.224. The SMILES string of the molecule is Oc1cc(-c2cccnc2)cc2c1N(C1CCN(Cc3ccccn3)CC1)c1ccccc1O2. The molecule has 0 atom stereocenters. The monoisotopic (exact) mass is 450 g/mol. The van der Waals surface area contributed by atoms with Crippen molar-refractivity contribution in [2.24, 2.45) is 0 Å². The van der Waals surface area contributed by atoms with Crippen LogP contribution in [0.5, 0.6) is 17.2 Å². The van der Waals surface area contributed by atoms with Gasteiger partial charge >= 0.3 is 0 Å². The quantitative estimate of drug-likeness (QED) is 0.427. The molecule has 6 nitrogen and oxygen atoms in total. The average Bonchev–Trinajstić information content (AvgIpc) is 2.89. The number of rotatable bonds is 4. The van der Waals surface area contributed by atoms with Gasteiger partial charge in [0, 0.05) is 49.8 Å². The number of anilines is 2. The Morgan fingerprint density at radius 3 is 2.53 bits per heavy atom. The van der Waals surface area contributed by atoms with Gasteiger partial charge in [0.1, 0.15) is 11.4 Å². The number of ether oxygens (including phenoxy) is 1. The van der Waals surface area contributed by atoms with Crippen LogP contribution in [-0.2, 0) is 6.54 Å². The minimum Gasteiger partial charge on any atom is -0.506 e. The van der Waals surface area contributed by atoms with Crippen LogP contribution in [-0.4, -0.2) is 39.1 Å². The molecule has 6 rings (SSSR count). The number of benzene rings is 2. The van der Waals surface area contributed by atoms with Gasteiger partial charge in [0.05, 0.1) is 11.4 Å². The van der Waals surface area contributed by atoms with E-state index < -0.39 is 0 Å². The van der Waals surface area contributed by atoms with Gasteiger partial charge in [-0.2, -0.15) is 0 Å². The lowest BCUT2D eigenvalue weighted by Crippen LogP contribution is -2.43. The Kier molecular flexibility index (Phi) is 5.35. The standard InChI is InChI=1S/C28H26N4O2/c33-25-16-21(20-6-5-12-29-18-20)17-27-28(25)32(24-8-1-2-9-26(24)34-27)23-10-14-31(15-11-23)19-22-7-3-4-13-30-22/h1-9,12-13,16-18,23,33H,10-11,14-15,19H2. The number of piperidine rings is 1. The van der Waals surface area contributed by atoms with Crippen molar-refractivity contribution in [3.05, 3.63) is 91.0 Å². The molecule has 34 heavy (non-hydrogen) atoms. The third kappa shape index (κ3) is 3.86. The summed E-state index contributed by atoms with van der Waals surface area (Å²) in [6.45, 7) is 2.82. The summed E-state index contributed by atoms with van der Waals surface area (Å²) in [5, 5.41) is 11.2. The Balaban J connectivity index is 1.31. The Hall–Kier alpha value is -3.90. The van der Waals surface area contributed by atoms with Gasteiger partial charge in [-0.25, -0.2) is 0 Å². The van der Waals surface area contributed by atoms with Crippen LogP contribution in [0.1, 0.15) is 18.5 Å². The molecule has 0 saturated carbocycles. The van der Waals surface area contributed by atoms with Crippen molar-refractivity contribution in [3.8, 4) is 28.4 Å². The fraction of sp³-hybridized carbons (Fsp3) is 0.214. The molecule has 2 aromatic heterocycles. The van der Waals surface area contributed by atoms with Crippen LogP contribution in [0, 0.1) is 0 Å². The summed E-state index contributed by atoms with van der Waals surface area (Å²) in [4.78, 5) is 13.4. The third-order valence-electron chi connectivity index (χ3n) is 6.67. The van der Waals surface area contributed by atoms with Crippen molar-refractivity contribution in [2.75, 3.05) is 18.0 Å². The van der Waals surface area contributed by atoms with E-state index in [1.165, 1.54) is 0 Å². The number of phenols is 1. The zero-order valence-corrected chi connectivity index (χ0v) is 18.8. The van der Waals surface area contributed by atoms with Gasteiger partial charge in [0.15, 0.2) is 11.5 Å². The molecule has 2 aromatic carbocycles. The molecule has 170 valence electrons. The average molecular weight is 451 g/mol. The molecule has 0 aliphatic carbocycles. The maximum absolute atomic E-state index is 11.2. The fourth-order valence-corrected chi connectivity index (χ4v) is 5.03. The number of pyridine rings is 2. The molecule has 4 aromatic rings. The minimum absolute atomic E-state index is 0.224. The molecule has 0 amide bonds. The molecule has 4 heterocycles. The highest BCUT2D eigenvalue weighted by molar-refractivity contribution is 5.85. The van der Waals surface area contributed by atoms with Gasteiger partial charge in [-0.1, -0.05) is 24.3 Å². The second kappa shape index (κ2) is 8.80. The molecule has 0 bridgehead atoms. The topological polar surface area (TPSA) is 61.7 Å². The lowest BCUT2D eigenvalue weighted by Gasteiger charge is -2.42. The van der Waals surface area contributed by atoms with Crippen LogP contribution in [0.25, 0.3) is 11.1 Å². The first-order valence-electron chi connectivity index (χ1n) is 11.7. The summed E-state index contributed by atoms with van der Waals surface area (Å²) in [5.41, 5.74) is 4.67. The van der Waals surface area contributed by atoms with E-state index in [1.807, 2.05) is 60.8 Å². The van der Waals surface area contributed by atoms with E-state index in [0.717, 1.165) is 66.4 Å². The highest BCUT2D eigenvalue weighted by atomic mass is 16.5. The highest BCUT2D eigenvalue weighted by Crippen LogP contribution is 2.53. The number of likely N-dealkylation sites (tertiary alicyclic amines) is 1. The van der Waals surface area contributed by atoms with Crippen molar-refractivity contribution in [2.45, 2.75) is 25.4 Å². The van der Waals surface area contributed by atoms with Crippen LogP contribution in [0.4, 0.5) is 11.4 Å². The Morgan fingerprint density at radius 1 is 0.882 bits per heavy atom. The lowest BCUT2D eigenvalue weighted by atomic mass is 9.98. The van der Waals surface area contributed by atoms with Crippen LogP contribution >= 0.6 is 0 Å².